The van der Waals surface area contributed by atoms with Gasteiger partial charge in [-0.3, -0.25) is 0 Å². The molecule has 0 bridgehead atoms. The number of benzene rings is 2. The van der Waals surface area contributed by atoms with Crippen molar-refractivity contribution in [3.05, 3.63) is 63.5 Å². The Bertz CT molecular complexity index is 1210. The predicted octanol–water partition coefficient (Wildman–Crippen LogP) is 5.93. The Kier molecular flexibility index (Phi) is 6.58. The van der Waals surface area contributed by atoms with Crippen molar-refractivity contribution in [1.82, 2.24) is 9.29 Å². The molecule has 0 amide bonds. The normalized spacial score (nSPS) is 15.8. The van der Waals surface area contributed by atoms with Gasteiger partial charge < -0.3 is 4.90 Å². The summed E-state index contributed by atoms with van der Waals surface area (Å²) in [5.41, 5.74) is 2.72. The molecule has 3 aromatic rings. The molecule has 9 heteroatoms. The summed E-state index contributed by atoms with van der Waals surface area (Å²) in [6.07, 6.45) is 0. The van der Waals surface area contributed by atoms with Crippen LogP contribution in [-0.4, -0.2) is 43.9 Å². The van der Waals surface area contributed by atoms with Crippen LogP contribution in [0.1, 0.15) is 26.3 Å². The van der Waals surface area contributed by atoms with E-state index in [1.54, 1.807) is 28.6 Å². The number of thiazole rings is 1. The second-order valence-electron chi connectivity index (χ2n) is 8.80. The quantitative estimate of drug-likeness (QED) is 0.437. The highest BCUT2D eigenvalue weighted by Gasteiger charge is 2.30. The fourth-order valence-electron chi connectivity index (χ4n) is 3.63. The van der Waals surface area contributed by atoms with Crippen LogP contribution in [0.15, 0.2) is 52.7 Å². The lowest BCUT2D eigenvalue weighted by molar-refractivity contribution is 0.384. The molecule has 1 fully saturated rings. The monoisotopic (exact) mass is 509 g/mol. The molecule has 5 nitrogen and oxygen atoms in total. The van der Waals surface area contributed by atoms with Crippen LogP contribution < -0.4 is 4.90 Å². The zero-order chi connectivity index (χ0) is 23.1. The van der Waals surface area contributed by atoms with Crippen molar-refractivity contribution >= 4 is 49.7 Å². The lowest BCUT2D eigenvalue weighted by Crippen LogP contribution is -2.48. The van der Waals surface area contributed by atoms with Gasteiger partial charge in [-0.1, -0.05) is 56.1 Å². The first-order valence-corrected chi connectivity index (χ1v) is 13.4. The molecule has 1 saturated heterocycles. The first-order chi connectivity index (χ1) is 15.1. The smallest absolute Gasteiger partial charge is 0.243 e. The van der Waals surface area contributed by atoms with Crippen molar-refractivity contribution in [2.24, 2.45) is 0 Å². The van der Waals surface area contributed by atoms with Gasteiger partial charge >= 0.3 is 0 Å². The van der Waals surface area contributed by atoms with Crippen LogP contribution in [-0.2, 0) is 15.4 Å². The van der Waals surface area contributed by atoms with Gasteiger partial charge in [0.15, 0.2) is 5.13 Å². The molecule has 0 spiro atoms. The first-order valence-electron chi connectivity index (χ1n) is 10.3. The summed E-state index contributed by atoms with van der Waals surface area (Å²) in [5.74, 6) is 0. The molecule has 2 heterocycles. The minimum absolute atomic E-state index is 0.0171. The molecule has 1 aromatic heterocycles. The van der Waals surface area contributed by atoms with Crippen LogP contribution in [0.2, 0.25) is 10.0 Å². The number of hydrogen-bond donors (Lipinski definition) is 0. The molecular weight excluding hydrogens is 485 g/mol. The van der Waals surface area contributed by atoms with Crippen molar-refractivity contribution < 1.29 is 8.42 Å². The lowest BCUT2D eigenvalue weighted by atomic mass is 9.87. The van der Waals surface area contributed by atoms with Gasteiger partial charge in [-0.2, -0.15) is 4.31 Å². The summed E-state index contributed by atoms with van der Waals surface area (Å²) < 4.78 is 27.8. The van der Waals surface area contributed by atoms with Gasteiger partial charge in [0.25, 0.3) is 0 Å². The van der Waals surface area contributed by atoms with Gasteiger partial charge in [0.2, 0.25) is 10.0 Å². The first kappa shape index (κ1) is 23.5. The van der Waals surface area contributed by atoms with Crippen molar-refractivity contribution in [1.29, 1.82) is 0 Å². The van der Waals surface area contributed by atoms with Crippen molar-refractivity contribution in [2.45, 2.75) is 31.1 Å². The van der Waals surface area contributed by atoms with Crippen LogP contribution in [0.3, 0.4) is 0 Å². The summed E-state index contributed by atoms with van der Waals surface area (Å²) in [6.45, 7) is 8.34. The summed E-state index contributed by atoms with van der Waals surface area (Å²) in [7, 11) is -3.52. The van der Waals surface area contributed by atoms with E-state index in [2.05, 4.69) is 25.7 Å². The average Bonchev–Trinajstić information content (AvgIpc) is 3.23. The third kappa shape index (κ3) is 4.82. The molecule has 0 atom stereocenters. The number of aromatic nitrogens is 1. The van der Waals surface area contributed by atoms with E-state index in [4.69, 9.17) is 28.2 Å². The van der Waals surface area contributed by atoms with E-state index in [-0.39, 0.29) is 5.41 Å². The van der Waals surface area contributed by atoms with E-state index >= 15 is 0 Å². The standard InChI is InChI=1S/C23H25Cl2N3O2S2/c1-23(2,3)16-4-7-18(8-5-16)32(29,30)28-12-10-27(11-13-28)22-26-21(15-31-22)19-9-6-17(24)14-20(19)25/h4-9,14-15H,10-13H2,1-3H3. The lowest BCUT2D eigenvalue weighted by Gasteiger charge is -2.33. The van der Waals surface area contributed by atoms with Crippen molar-refractivity contribution in [3.8, 4) is 11.3 Å². The van der Waals surface area contributed by atoms with Crippen molar-refractivity contribution in [3.63, 3.8) is 0 Å². The predicted molar refractivity (Wildman–Crippen MR) is 134 cm³/mol. The second-order valence-corrected chi connectivity index (χ2v) is 12.4. The summed E-state index contributed by atoms with van der Waals surface area (Å²) in [5, 5.41) is 3.96. The Hall–Kier alpha value is -1.64. The number of hydrogen-bond acceptors (Lipinski definition) is 5. The van der Waals surface area contributed by atoms with E-state index in [0.29, 0.717) is 41.1 Å². The summed E-state index contributed by atoms with van der Waals surface area (Å²) in [4.78, 5) is 7.18. The number of nitrogens with zero attached hydrogens (tertiary/aromatic N) is 3. The van der Waals surface area contributed by atoms with Gasteiger partial charge in [0.05, 0.1) is 15.6 Å². The third-order valence-corrected chi connectivity index (χ3v) is 8.93. The molecule has 0 radical (unpaired) electrons. The Morgan fingerprint density at radius 2 is 1.62 bits per heavy atom. The second kappa shape index (κ2) is 8.95. The number of halogens is 2. The maximum absolute atomic E-state index is 13.1. The minimum Gasteiger partial charge on any atom is -0.345 e. The molecule has 0 unspecified atom stereocenters. The maximum atomic E-state index is 13.1. The Morgan fingerprint density at radius 3 is 2.22 bits per heavy atom. The van der Waals surface area contributed by atoms with E-state index in [1.165, 1.54) is 11.3 Å². The van der Waals surface area contributed by atoms with Crippen LogP contribution in [0.5, 0.6) is 0 Å². The highest BCUT2D eigenvalue weighted by molar-refractivity contribution is 7.89. The van der Waals surface area contributed by atoms with Crippen LogP contribution in [0.4, 0.5) is 5.13 Å². The minimum atomic E-state index is -3.52. The molecule has 170 valence electrons. The molecule has 32 heavy (non-hydrogen) atoms. The largest absolute Gasteiger partial charge is 0.345 e. The van der Waals surface area contributed by atoms with Gasteiger partial charge in [-0.05, 0) is 41.3 Å². The van der Waals surface area contributed by atoms with Crippen LogP contribution in [0.25, 0.3) is 11.3 Å². The molecule has 0 aliphatic carbocycles. The molecule has 0 saturated carbocycles. The van der Waals surface area contributed by atoms with Crippen LogP contribution in [0, 0.1) is 0 Å². The van der Waals surface area contributed by atoms with E-state index in [9.17, 15) is 8.42 Å². The number of sulfonamides is 1. The van der Waals surface area contributed by atoms with E-state index < -0.39 is 10.0 Å². The fraction of sp³-hybridized carbons (Fsp3) is 0.348. The summed E-state index contributed by atoms with van der Waals surface area (Å²) >= 11 is 13.8. The molecule has 4 rings (SSSR count). The fourth-order valence-corrected chi connectivity index (χ4v) is 6.43. The average molecular weight is 511 g/mol. The van der Waals surface area contributed by atoms with Gasteiger partial charge in [0.1, 0.15) is 0 Å². The zero-order valence-corrected chi connectivity index (χ0v) is 21.3. The van der Waals surface area contributed by atoms with E-state index in [1.807, 2.05) is 23.6 Å². The van der Waals surface area contributed by atoms with Crippen LogP contribution >= 0.6 is 34.5 Å². The molecule has 1 aliphatic heterocycles. The maximum Gasteiger partial charge on any atom is 0.243 e. The Morgan fingerprint density at radius 1 is 0.969 bits per heavy atom. The SMILES string of the molecule is CC(C)(C)c1ccc(S(=O)(=O)N2CCN(c3nc(-c4ccc(Cl)cc4Cl)cs3)CC2)cc1. The molecule has 2 aromatic carbocycles. The Balaban J connectivity index is 1.44. The van der Waals surface area contributed by atoms with Gasteiger partial charge in [0, 0.05) is 42.1 Å². The van der Waals surface area contributed by atoms with E-state index in [0.717, 1.165) is 22.0 Å². The highest BCUT2D eigenvalue weighted by atomic mass is 35.5. The molecular formula is C23H25Cl2N3O2S2. The third-order valence-electron chi connectivity index (χ3n) is 5.57. The van der Waals surface area contributed by atoms with Gasteiger partial charge in [-0.15, -0.1) is 11.3 Å². The zero-order valence-electron chi connectivity index (χ0n) is 18.2. The number of rotatable bonds is 4. The number of piperazine rings is 1. The topological polar surface area (TPSA) is 53.5 Å². The van der Waals surface area contributed by atoms with Crippen molar-refractivity contribution in [2.75, 3.05) is 31.1 Å². The number of anilines is 1. The molecule has 1 aliphatic rings. The van der Waals surface area contributed by atoms with Gasteiger partial charge in [-0.25, -0.2) is 13.4 Å². The molecule has 0 N–H and O–H groups in total. The highest BCUT2D eigenvalue weighted by Crippen LogP contribution is 2.34. The summed E-state index contributed by atoms with van der Waals surface area (Å²) in [6, 6.07) is 12.6. The Labute approximate surface area is 203 Å².